The van der Waals surface area contributed by atoms with Crippen LogP contribution in [0.25, 0.3) is 0 Å². The van der Waals surface area contributed by atoms with E-state index in [0.717, 1.165) is 4.31 Å². The molecule has 8 heteroatoms. The molecule has 0 bridgehead atoms. The first-order valence-corrected chi connectivity index (χ1v) is 8.07. The van der Waals surface area contributed by atoms with Crippen LogP contribution in [0.3, 0.4) is 0 Å². The Hall–Kier alpha value is -1.64. The second-order valence-corrected chi connectivity index (χ2v) is 6.76. The summed E-state index contributed by atoms with van der Waals surface area (Å²) >= 11 is 0. The van der Waals surface area contributed by atoms with Crippen molar-refractivity contribution in [2.75, 3.05) is 37.8 Å². The van der Waals surface area contributed by atoms with Crippen LogP contribution >= 0.6 is 0 Å². The zero-order chi connectivity index (χ0) is 16.0. The van der Waals surface area contributed by atoms with Crippen LogP contribution in [0.5, 0.6) is 0 Å². The second-order valence-electron chi connectivity index (χ2n) is 4.61. The quantitative estimate of drug-likeness (QED) is 0.685. The smallest absolute Gasteiger partial charge is 0.242 e. The van der Waals surface area contributed by atoms with Gasteiger partial charge in [-0.2, -0.15) is 0 Å². The monoisotopic (exact) mass is 314 g/mol. The minimum absolute atomic E-state index is 0.122. The Labute approximate surface area is 125 Å². The van der Waals surface area contributed by atoms with E-state index in [0.29, 0.717) is 17.9 Å². The lowest BCUT2D eigenvalue weighted by Gasteiger charge is -2.16. The molecule has 0 saturated carbocycles. The predicted molar refractivity (Wildman–Crippen MR) is 83.8 cm³/mol. The molecule has 0 aliphatic heterocycles. The predicted octanol–water partition coefficient (Wildman–Crippen LogP) is 0.656. The van der Waals surface area contributed by atoms with Gasteiger partial charge in [0.1, 0.15) is 0 Å². The summed E-state index contributed by atoms with van der Waals surface area (Å²) in [5, 5.41) is 5.76. The Morgan fingerprint density at radius 2 is 1.95 bits per heavy atom. The number of hydrogen-bond acceptors (Lipinski definition) is 5. The molecular formula is C13H22N4O3S. The fourth-order valence-corrected chi connectivity index (χ4v) is 2.61. The molecule has 0 radical (unpaired) electrons. The summed E-state index contributed by atoms with van der Waals surface area (Å²) in [6, 6.07) is 4.59. The molecule has 1 aromatic rings. The fourth-order valence-electron chi connectivity index (χ4n) is 1.69. The van der Waals surface area contributed by atoms with Gasteiger partial charge >= 0.3 is 0 Å². The lowest BCUT2D eigenvalue weighted by molar-refractivity contribution is -0.116. The van der Waals surface area contributed by atoms with Crippen molar-refractivity contribution < 1.29 is 13.2 Å². The zero-order valence-corrected chi connectivity index (χ0v) is 13.3. The third kappa shape index (κ3) is 4.42. The summed E-state index contributed by atoms with van der Waals surface area (Å²) in [5.74, 6) is -0.254. The first-order valence-electron chi connectivity index (χ1n) is 6.63. The fraction of sp³-hybridized carbons (Fsp3) is 0.462. The van der Waals surface area contributed by atoms with E-state index < -0.39 is 10.0 Å². The van der Waals surface area contributed by atoms with Gasteiger partial charge in [0.2, 0.25) is 15.9 Å². The number of benzene rings is 1. The molecule has 0 aliphatic rings. The number of rotatable bonds is 7. The Balaban J connectivity index is 3.20. The van der Waals surface area contributed by atoms with Gasteiger partial charge in [-0.25, -0.2) is 12.7 Å². The lowest BCUT2D eigenvalue weighted by Crippen LogP contribution is -2.23. The van der Waals surface area contributed by atoms with E-state index in [1.807, 2.05) is 6.92 Å². The Morgan fingerprint density at radius 1 is 1.29 bits per heavy atom. The molecule has 0 spiro atoms. The van der Waals surface area contributed by atoms with Gasteiger partial charge in [0.15, 0.2) is 0 Å². The first-order chi connectivity index (χ1) is 9.82. The highest BCUT2D eigenvalue weighted by molar-refractivity contribution is 7.89. The van der Waals surface area contributed by atoms with Crippen LogP contribution in [0.1, 0.15) is 13.3 Å². The van der Waals surface area contributed by atoms with E-state index in [4.69, 9.17) is 5.73 Å². The maximum absolute atomic E-state index is 12.1. The molecular weight excluding hydrogens is 292 g/mol. The van der Waals surface area contributed by atoms with Gasteiger partial charge in [-0.3, -0.25) is 4.79 Å². The van der Waals surface area contributed by atoms with E-state index in [1.165, 1.54) is 26.2 Å². The van der Waals surface area contributed by atoms with Crippen LogP contribution in [-0.4, -0.2) is 45.8 Å². The zero-order valence-electron chi connectivity index (χ0n) is 12.5. The average molecular weight is 314 g/mol. The Kier molecular flexibility index (Phi) is 6.13. The maximum atomic E-state index is 12.1. The molecule has 0 aliphatic carbocycles. The van der Waals surface area contributed by atoms with Crippen LogP contribution in [0.2, 0.25) is 0 Å². The second kappa shape index (κ2) is 7.39. The van der Waals surface area contributed by atoms with Crippen molar-refractivity contribution >= 4 is 27.3 Å². The standard InChI is InChI=1S/C13H22N4O3S/c1-4-15-11-6-5-10(21(19,20)17(2)3)9-12(11)16-13(18)7-8-14/h5-6,9,15H,4,7-8,14H2,1-3H3,(H,16,18). The van der Waals surface area contributed by atoms with Crippen molar-refractivity contribution in [1.82, 2.24) is 4.31 Å². The van der Waals surface area contributed by atoms with Crippen LogP contribution in [0.15, 0.2) is 23.1 Å². The molecule has 0 atom stereocenters. The van der Waals surface area contributed by atoms with E-state index in [9.17, 15) is 13.2 Å². The highest BCUT2D eigenvalue weighted by Crippen LogP contribution is 2.26. The minimum Gasteiger partial charge on any atom is -0.384 e. The van der Waals surface area contributed by atoms with Crippen molar-refractivity contribution in [3.8, 4) is 0 Å². The molecule has 0 unspecified atom stereocenters. The molecule has 21 heavy (non-hydrogen) atoms. The molecule has 0 aromatic heterocycles. The Morgan fingerprint density at radius 3 is 2.48 bits per heavy atom. The van der Waals surface area contributed by atoms with Gasteiger partial charge in [0, 0.05) is 33.6 Å². The number of nitrogens with two attached hydrogens (primary N) is 1. The summed E-state index contributed by atoms with van der Waals surface area (Å²) in [4.78, 5) is 11.8. The summed E-state index contributed by atoms with van der Waals surface area (Å²) < 4.78 is 25.4. The normalized spacial score (nSPS) is 11.5. The van der Waals surface area contributed by atoms with Crippen molar-refractivity contribution in [3.05, 3.63) is 18.2 Å². The Bertz CT molecular complexity index is 599. The number of amides is 1. The van der Waals surface area contributed by atoms with Crippen LogP contribution in [-0.2, 0) is 14.8 Å². The van der Waals surface area contributed by atoms with Gasteiger partial charge in [-0.1, -0.05) is 0 Å². The minimum atomic E-state index is -3.55. The number of sulfonamides is 1. The van der Waals surface area contributed by atoms with Gasteiger partial charge < -0.3 is 16.4 Å². The summed E-state index contributed by atoms with van der Waals surface area (Å²) in [5.41, 5.74) is 6.44. The number of carbonyl (C=O) groups is 1. The molecule has 118 valence electrons. The maximum Gasteiger partial charge on any atom is 0.242 e. The van der Waals surface area contributed by atoms with Crippen LogP contribution in [0, 0.1) is 0 Å². The van der Waals surface area contributed by atoms with Crippen molar-refractivity contribution in [1.29, 1.82) is 0 Å². The van der Waals surface area contributed by atoms with E-state index in [1.54, 1.807) is 6.07 Å². The SMILES string of the molecule is CCNc1ccc(S(=O)(=O)N(C)C)cc1NC(=O)CCN. The van der Waals surface area contributed by atoms with Crippen molar-refractivity contribution in [2.45, 2.75) is 18.2 Å². The highest BCUT2D eigenvalue weighted by atomic mass is 32.2. The first kappa shape index (κ1) is 17.4. The van der Waals surface area contributed by atoms with Gasteiger partial charge in [0.05, 0.1) is 16.3 Å². The number of hydrogen-bond donors (Lipinski definition) is 3. The topological polar surface area (TPSA) is 105 Å². The summed E-state index contributed by atoms with van der Waals surface area (Å²) in [7, 11) is -0.633. The lowest BCUT2D eigenvalue weighted by atomic mass is 10.2. The van der Waals surface area contributed by atoms with Gasteiger partial charge in [-0.15, -0.1) is 0 Å². The van der Waals surface area contributed by atoms with Gasteiger partial charge in [0.25, 0.3) is 0 Å². The summed E-state index contributed by atoms with van der Waals surface area (Å²) in [6.07, 6.45) is 0.177. The molecule has 0 fully saturated rings. The van der Waals surface area contributed by atoms with E-state index >= 15 is 0 Å². The molecule has 0 saturated heterocycles. The molecule has 1 amide bonds. The van der Waals surface area contributed by atoms with E-state index in [-0.39, 0.29) is 23.8 Å². The van der Waals surface area contributed by atoms with Gasteiger partial charge in [-0.05, 0) is 25.1 Å². The van der Waals surface area contributed by atoms with Crippen molar-refractivity contribution in [2.24, 2.45) is 5.73 Å². The number of nitrogens with zero attached hydrogens (tertiary/aromatic N) is 1. The molecule has 4 N–H and O–H groups in total. The van der Waals surface area contributed by atoms with Crippen molar-refractivity contribution in [3.63, 3.8) is 0 Å². The number of carbonyl (C=O) groups excluding carboxylic acids is 1. The third-order valence-electron chi connectivity index (χ3n) is 2.78. The summed E-state index contributed by atoms with van der Waals surface area (Å²) in [6.45, 7) is 2.80. The largest absolute Gasteiger partial charge is 0.384 e. The average Bonchev–Trinajstić information content (AvgIpc) is 2.40. The van der Waals surface area contributed by atoms with E-state index in [2.05, 4.69) is 10.6 Å². The molecule has 1 rings (SSSR count). The van der Waals surface area contributed by atoms with Crippen LogP contribution in [0.4, 0.5) is 11.4 Å². The molecule has 0 heterocycles. The number of anilines is 2. The molecule has 7 nitrogen and oxygen atoms in total. The number of nitrogens with one attached hydrogen (secondary N) is 2. The highest BCUT2D eigenvalue weighted by Gasteiger charge is 2.19. The third-order valence-corrected chi connectivity index (χ3v) is 4.59. The van der Waals surface area contributed by atoms with Crippen LogP contribution < -0.4 is 16.4 Å². The molecule has 1 aromatic carbocycles.